The number of anilines is 1. The predicted molar refractivity (Wildman–Crippen MR) is 142 cm³/mol. The van der Waals surface area contributed by atoms with Crippen LogP contribution in [0.15, 0.2) is 18.2 Å². The molecule has 3 fully saturated rings. The zero-order valence-corrected chi connectivity index (χ0v) is 21.5. The van der Waals surface area contributed by atoms with Crippen LogP contribution in [0.1, 0.15) is 70.8 Å². The summed E-state index contributed by atoms with van der Waals surface area (Å²) in [5.74, 6) is 0.512. The van der Waals surface area contributed by atoms with Crippen LogP contribution in [-0.4, -0.2) is 77.5 Å². The van der Waals surface area contributed by atoms with Crippen molar-refractivity contribution in [1.82, 2.24) is 14.7 Å². The van der Waals surface area contributed by atoms with Gasteiger partial charge >= 0.3 is 12.2 Å². The number of nitro groups is 1. The first kappa shape index (κ1) is 30.0. The second-order valence-electron chi connectivity index (χ2n) is 10.8. The van der Waals surface area contributed by atoms with E-state index in [9.17, 15) is 28.1 Å². The Bertz CT molecular complexity index is 938. The van der Waals surface area contributed by atoms with Crippen molar-refractivity contribution < 1.29 is 22.9 Å². The summed E-state index contributed by atoms with van der Waals surface area (Å²) in [7, 11) is 1.86. The molecule has 0 atom stereocenters. The van der Waals surface area contributed by atoms with E-state index in [1.807, 2.05) is 16.8 Å². The van der Waals surface area contributed by atoms with Crippen molar-refractivity contribution in [1.29, 1.82) is 0 Å². The monoisotopic (exact) mass is 541 g/mol. The number of nitrogens with one attached hydrogen (secondary N) is 1. The molecule has 0 aromatic heterocycles. The number of piperidine rings is 2. The maximum Gasteiger partial charge on any atom is 0.423 e. The minimum absolute atomic E-state index is 0. The zero-order chi connectivity index (χ0) is 26.6. The number of nitro benzene ring substituents is 1. The van der Waals surface area contributed by atoms with E-state index in [1.165, 1.54) is 38.2 Å². The smallest absolute Gasteiger partial charge is 0.382 e. The van der Waals surface area contributed by atoms with Crippen molar-refractivity contribution in [3.05, 3.63) is 33.9 Å². The average molecular weight is 542 g/mol. The van der Waals surface area contributed by atoms with Gasteiger partial charge < -0.3 is 20.0 Å². The molecule has 0 unspecified atom stereocenters. The van der Waals surface area contributed by atoms with Gasteiger partial charge in [0, 0.05) is 50.5 Å². The van der Waals surface area contributed by atoms with Gasteiger partial charge in [0.1, 0.15) is 5.56 Å². The molecular formula is C27H42F3N5O3. The summed E-state index contributed by atoms with van der Waals surface area (Å²) in [5, 5.41) is 14.0. The van der Waals surface area contributed by atoms with Crippen LogP contribution in [-0.2, 0) is 6.18 Å². The van der Waals surface area contributed by atoms with Crippen LogP contribution < -0.4 is 5.32 Å². The Labute approximate surface area is 223 Å². The van der Waals surface area contributed by atoms with Crippen LogP contribution in [0.3, 0.4) is 0 Å². The number of hydrogen-bond acceptors (Lipinski definition) is 5. The number of benzene rings is 1. The number of halogens is 3. The lowest BCUT2D eigenvalue weighted by molar-refractivity contribution is -0.388. The standard InChI is InChI=1S/C26H38F3N5O3.CH4/c1-31(18-19-9-13-32(14-10-19)22-5-3-2-4-6-22)25(35)33-15-11-20(12-16-33)30-21-7-8-24(34(36)37)23(17-21)26(27,28)29;/h7-8,17,19-20,22,30H,2-6,9-16,18H2,1H3;1H4. The molecule has 1 aromatic rings. The molecule has 38 heavy (non-hydrogen) atoms. The third kappa shape index (κ3) is 7.51. The van der Waals surface area contributed by atoms with E-state index < -0.39 is 22.4 Å². The van der Waals surface area contributed by atoms with Gasteiger partial charge in [0.2, 0.25) is 0 Å². The Balaban J connectivity index is 0.00000400. The van der Waals surface area contributed by atoms with Crippen molar-refractivity contribution in [3.63, 3.8) is 0 Å². The van der Waals surface area contributed by atoms with Crippen molar-refractivity contribution in [2.24, 2.45) is 5.92 Å². The minimum Gasteiger partial charge on any atom is -0.382 e. The molecular weight excluding hydrogens is 499 g/mol. The van der Waals surface area contributed by atoms with Crippen molar-refractivity contribution in [2.75, 3.05) is 45.1 Å². The molecule has 1 aromatic carbocycles. The SMILES string of the molecule is C.CN(CC1CCN(C2CCCCC2)CC1)C(=O)N1CCC(Nc2ccc([N+](=O)[O-])c(C(F)(F)F)c2)CC1. The van der Waals surface area contributed by atoms with Crippen LogP contribution in [0, 0.1) is 16.0 Å². The molecule has 2 aliphatic heterocycles. The first-order valence-electron chi connectivity index (χ1n) is 13.5. The lowest BCUT2D eigenvalue weighted by Gasteiger charge is -2.41. The fourth-order valence-electron chi connectivity index (χ4n) is 6.12. The number of urea groups is 1. The zero-order valence-electron chi connectivity index (χ0n) is 21.5. The second kappa shape index (κ2) is 13.0. The number of hydrogen-bond donors (Lipinski definition) is 1. The van der Waals surface area contributed by atoms with Crippen molar-refractivity contribution in [3.8, 4) is 0 Å². The number of carbonyl (C=O) groups is 1. The highest BCUT2D eigenvalue weighted by Gasteiger charge is 2.38. The van der Waals surface area contributed by atoms with E-state index in [0.717, 1.165) is 50.7 Å². The van der Waals surface area contributed by atoms with Crippen LogP contribution >= 0.6 is 0 Å². The molecule has 1 saturated carbocycles. The summed E-state index contributed by atoms with van der Waals surface area (Å²) in [6.07, 6.45) is 5.31. The number of likely N-dealkylation sites (tertiary alicyclic amines) is 2. The molecule has 2 heterocycles. The van der Waals surface area contributed by atoms with E-state index in [1.54, 1.807) is 0 Å². The largest absolute Gasteiger partial charge is 0.423 e. The molecule has 11 heteroatoms. The molecule has 1 aliphatic carbocycles. The maximum absolute atomic E-state index is 13.3. The van der Waals surface area contributed by atoms with Gasteiger partial charge in [-0.05, 0) is 69.7 Å². The molecule has 0 bridgehead atoms. The Morgan fingerprint density at radius 3 is 2.26 bits per heavy atom. The van der Waals surface area contributed by atoms with Crippen LogP contribution in [0.5, 0.6) is 0 Å². The molecule has 1 N–H and O–H groups in total. The lowest BCUT2D eigenvalue weighted by Crippen LogP contribution is -2.49. The number of alkyl halides is 3. The second-order valence-corrected chi connectivity index (χ2v) is 10.8. The first-order chi connectivity index (χ1) is 17.6. The highest BCUT2D eigenvalue weighted by Crippen LogP contribution is 2.38. The lowest BCUT2D eigenvalue weighted by atomic mass is 9.90. The van der Waals surface area contributed by atoms with Crippen LogP contribution in [0.2, 0.25) is 0 Å². The van der Waals surface area contributed by atoms with E-state index >= 15 is 0 Å². The Kier molecular flexibility index (Phi) is 10.3. The minimum atomic E-state index is -4.81. The molecule has 8 nitrogen and oxygen atoms in total. The van der Waals surface area contributed by atoms with Gasteiger partial charge in [-0.1, -0.05) is 26.7 Å². The van der Waals surface area contributed by atoms with Gasteiger partial charge in [0.05, 0.1) is 4.92 Å². The van der Waals surface area contributed by atoms with E-state index in [4.69, 9.17) is 0 Å². The fourth-order valence-corrected chi connectivity index (χ4v) is 6.12. The fraction of sp³-hybridized carbons (Fsp3) is 0.741. The third-order valence-electron chi connectivity index (χ3n) is 8.23. The quantitative estimate of drug-likeness (QED) is 0.341. The molecule has 214 valence electrons. The first-order valence-corrected chi connectivity index (χ1v) is 13.5. The van der Waals surface area contributed by atoms with Gasteiger partial charge in [-0.2, -0.15) is 13.2 Å². The molecule has 3 aliphatic rings. The summed E-state index contributed by atoms with van der Waals surface area (Å²) in [6.45, 7) is 4.01. The van der Waals surface area contributed by atoms with E-state index in [0.29, 0.717) is 31.8 Å². The van der Waals surface area contributed by atoms with Gasteiger partial charge in [0.15, 0.2) is 0 Å². The van der Waals surface area contributed by atoms with Crippen molar-refractivity contribution >= 4 is 17.4 Å². The summed E-state index contributed by atoms with van der Waals surface area (Å²) >= 11 is 0. The number of amides is 2. The topological polar surface area (TPSA) is 82.0 Å². The third-order valence-corrected chi connectivity index (χ3v) is 8.23. The highest BCUT2D eigenvalue weighted by atomic mass is 19.4. The van der Waals surface area contributed by atoms with E-state index in [2.05, 4.69) is 10.2 Å². The van der Waals surface area contributed by atoms with Gasteiger partial charge in [0.25, 0.3) is 5.69 Å². The maximum atomic E-state index is 13.3. The van der Waals surface area contributed by atoms with E-state index in [-0.39, 0.29) is 25.2 Å². The Morgan fingerprint density at radius 1 is 1.05 bits per heavy atom. The normalized spacial score (nSPS) is 20.6. The molecule has 0 spiro atoms. The number of carbonyl (C=O) groups excluding carboxylic acids is 1. The van der Waals surface area contributed by atoms with Gasteiger partial charge in [-0.3, -0.25) is 10.1 Å². The molecule has 2 saturated heterocycles. The molecule has 2 amide bonds. The summed E-state index contributed by atoms with van der Waals surface area (Å²) in [4.78, 5) is 29.3. The van der Waals surface area contributed by atoms with Gasteiger partial charge in [-0.15, -0.1) is 0 Å². The highest BCUT2D eigenvalue weighted by molar-refractivity contribution is 5.74. The van der Waals surface area contributed by atoms with Crippen LogP contribution in [0.25, 0.3) is 0 Å². The average Bonchev–Trinajstić information content (AvgIpc) is 2.89. The molecule has 4 rings (SSSR count). The predicted octanol–water partition coefficient (Wildman–Crippen LogP) is 6.22. The summed E-state index contributed by atoms with van der Waals surface area (Å²) < 4.78 is 39.8. The molecule has 0 radical (unpaired) electrons. The number of nitrogens with zero attached hydrogens (tertiary/aromatic N) is 4. The number of rotatable bonds is 6. The van der Waals surface area contributed by atoms with Gasteiger partial charge in [-0.25, -0.2) is 4.79 Å². The van der Waals surface area contributed by atoms with Crippen LogP contribution in [0.4, 0.5) is 29.3 Å². The summed E-state index contributed by atoms with van der Waals surface area (Å²) in [5.41, 5.74) is -2.03. The Hall–Kier alpha value is -2.56. The van der Waals surface area contributed by atoms with Crippen molar-refractivity contribution in [2.45, 2.75) is 83.5 Å². The Morgan fingerprint density at radius 2 is 1.68 bits per heavy atom. The summed E-state index contributed by atoms with van der Waals surface area (Å²) in [6, 6.07) is 3.62.